The third-order valence-corrected chi connectivity index (χ3v) is 3.42. The fraction of sp³-hybridized carbons (Fsp3) is 0. The summed E-state index contributed by atoms with van der Waals surface area (Å²) in [7, 11) is 0. The molecule has 0 saturated carbocycles. The zero-order valence-electron chi connectivity index (χ0n) is 10.9. The fourth-order valence-corrected chi connectivity index (χ4v) is 2.43. The Bertz CT molecular complexity index is 927. The van der Waals surface area contributed by atoms with Crippen LogP contribution in [0.25, 0.3) is 22.0 Å². The molecule has 0 aliphatic rings. The standard InChI is InChI=1S/C16H10N4O/c17-8-11-6-13-14(7-12(11)9-18)20(21)16(19)15(13)10-4-2-1-3-5-10/h1-7,21H,19H2. The molecule has 0 aliphatic carbocycles. The van der Waals surface area contributed by atoms with Gasteiger partial charge in [-0.25, -0.2) is 0 Å². The number of nitrogen functional groups attached to an aromatic ring is 1. The van der Waals surface area contributed by atoms with Gasteiger partial charge in [0, 0.05) is 10.9 Å². The van der Waals surface area contributed by atoms with Crippen LogP contribution >= 0.6 is 0 Å². The van der Waals surface area contributed by atoms with Crippen molar-refractivity contribution in [3.63, 3.8) is 0 Å². The Morgan fingerprint density at radius 2 is 1.62 bits per heavy atom. The number of anilines is 1. The fourth-order valence-electron chi connectivity index (χ4n) is 2.43. The van der Waals surface area contributed by atoms with Crippen LogP contribution in [0, 0.1) is 22.7 Å². The number of benzene rings is 2. The van der Waals surface area contributed by atoms with Crippen molar-refractivity contribution in [2.24, 2.45) is 0 Å². The number of fused-ring (bicyclic) bond motifs is 1. The lowest BCUT2D eigenvalue weighted by atomic mass is 10.0. The Labute approximate surface area is 120 Å². The molecule has 1 heterocycles. The highest BCUT2D eigenvalue weighted by Gasteiger charge is 2.18. The molecular weight excluding hydrogens is 264 g/mol. The largest absolute Gasteiger partial charge is 0.426 e. The smallest absolute Gasteiger partial charge is 0.148 e. The van der Waals surface area contributed by atoms with Crippen molar-refractivity contribution in [1.82, 2.24) is 4.73 Å². The maximum atomic E-state index is 10.1. The summed E-state index contributed by atoms with van der Waals surface area (Å²) >= 11 is 0. The molecule has 21 heavy (non-hydrogen) atoms. The van der Waals surface area contributed by atoms with Gasteiger partial charge >= 0.3 is 0 Å². The molecule has 0 saturated heterocycles. The molecule has 0 aliphatic heterocycles. The first-order valence-corrected chi connectivity index (χ1v) is 6.20. The average Bonchev–Trinajstić information content (AvgIpc) is 2.78. The summed E-state index contributed by atoms with van der Waals surface area (Å²) in [6, 6.07) is 16.3. The van der Waals surface area contributed by atoms with Gasteiger partial charge < -0.3 is 10.9 Å². The zero-order chi connectivity index (χ0) is 15.0. The molecule has 100 valence electrons. The van der Waals surface area contributed by atoms with Crippen molar-refractivity contribution >= 4 is 16.7 Å². The van der Waals surface area contributed by atoms with Gasteiger partial charge in [0.1, 0.15) is 18.0 Å². The number of hydrogen-bond acceptors (Lipinski definition) is 4. The molecule has 3 N–H and O–H groups in total. The van der Waals surface area contributed by atoms with Gasteiger partial charge in [-0.1, -0.05) is 30.3 Å². The molecular formula is C16H10N4O. The molecule has 0 bridgehead atoms. The van der Waals surface area contributed by atoms with Crippen molar-refractivity contribution < 1.29 is 5.21 Å². The topological polar surface area (TPSA) is 98.8 Å². The molecule has 2 aromatic carbocycles. The molecule has 0 radical (unpaired) electrons. The Hall–Kier alpha value is -3.44. The van der Waals surface area contributed by atoms with E-state index in [0.717, 1.165) is 10.3 Å². The molecule has 5 nitrogen and oxygen atoms in total. The average molecular weight is 274 g/mol. The molecule has 0 fully saturated rings. The van der Waals surface area contributed by atoms with Crippen molar-refractivity contribution in [2.45, 2.75) is 0 Å². The maximum Gasteiger partial charge on any atom is 0.148 e. The first-order valence-electron chi connectivity index (χ1n) is 6.20. The number of nitrogens with zero attached hydrogens (tertiary/aromatic N) is 3. The number of nitrogens with two attached hydrogens (primary N) is 1. The second kappa shape index (κ2) is 4.59. The SMILES string of the molecule is N#Cc1cc2c(-c3ccccc3)c(N)n(O)c2cc1C#N. The number of nitriles is 2. The van der Waals surface area contributed by atoms with E-state index in [2.05, 4.69) is 0 Å². The van der Waals surface area contributed by atoms with Crippen LogP contribution in [0.2, 0.25) is 0 Å². The van der Waals surface area contributed by atoms with Gasteiger partial charge in [-0.3, -0.25) is 0 Å². The van der Waals surface area contributed by atoms with Crippen LogP contribution < -0.4 is 5.73 Å². The van der Waals surface area contributed by atoms with Gasteiger partial charge in [0.25, 0.3) is 0 Å². The highest BCUT2D eigenvalue weighted by Crippen LogP contribution is 2.37. The van der Waals surface area contributed by atoms with Crippen molar-refractivity contribution in [1.29, 1.82) is 10.5 Å². The minimum atomic E-state index is 0.176. The van der Waals surface area contributed by atoms with E-state index in [1.54, 1.807) is 6.07 Å². The normalized spacial score (nSPS) is 10.2. The summed E-state index contributed by atoms with van der Waals surface area (Å²) in [6.07, 6.45) is 0. The maximum absolute atomic E-state index is 10.1. The Morgan fingerprint density at radius 3 is 2.24 bits per heavy atom. The van der Waals surface area contributed by atoms with Crippen LogP contribution in [0.15, 0.2) is 42.5 Å². The molecule has 0 spiro atoms. The summed E-state index contributed by atoms with van der Waals surface area (Å²) in [5.41, 5.74) is 8.33. The van der Waals surface area contributed by atoms with Crippen LogP contribution in [0.3, 0.4) is 0 Å². The van der Waals surface area contributed by atoms with E-state index in [-0.39, 0.29) is 16.9 Å². The van der Waals surface area contributed by atoms with E-state index >= 15 is 0 Å². The molecule has 0 unspecified atom stereocenters. The summed E-state index contributed by atoms with van der Waals surface area (Å²) < 4.78 is 0.847. The molecule has 3 aromatic rings. The van der Waals surface area contributed by atoms with E-state index in [9.17, 15) is 5.21 Å². The van der Waals surface area contributed by atoms with Crippen LogP contribution in [0.1, 0.15) is 11.1 Å². The first kappa shape index (κ1) is 12.6. The summed E-state index contributed by atoms with van der Waals surface area (Å²) in [4.78, 5) is 0. The van der Waals surface area contributed by atoms with Crippen LogP contribution in [0.5, 0.6) is 0 Å². The van der Waals surface area contributed by atoms with Crippen molar-refractivity contribution in [3.8, 4) is 23.3 Å². The van der Waals surface area contributed by atoms with Gasteiger partial charge in [0.15, 0.2) is 0 Å². The van der Waals surface area contributed by atoms with Gasteiger partial charge in [-0.15, -0.1) is 0 Å². The Balaban J connectivity index is 2.45. The van der Waals surface area contributed by atoms with Crippen molar-refractivity contribution in [2.75, 3.05) is 5.73 Å². The quantitative estimate of drug-likeness (QED) is 0.666. The highest BCUT2D eigenvalue weighted by atomic mass is 16.5. The minimum Gasteiger partial charge on any atom is -0.426 e. The van der Waals surface area contributed by atoms with Gasteiger partial charge in [-0.2, -0.15) is 15.3 Å². The predicted molar refractivity (Wildman–Crippen MR) is 78.4 cm³/mol. The van der Waals surface area contributed by atoms with Crippen LogP contribution in [0.4, 0.5) is 5.82 Å². The highest BCUT2D eigenvalue weighted by molar-refractivity contribution is 6.03. The van der Waals surface area contributed by atoms with Crippen molar-refractivity contribution in [3.05, 3.63) is 53.6 Å². The Kier molecular flexibility index (Phi) is 2.75. The Morgan fingerprint density at radius 1 is 1.00 bits per heavy atom. The van der Waals surface area contributed by atoms with E-state index in [0.29, 0.717) is 16.5 Å². The van der Waals surface area contributed by atoms with Crippen LogP contribution in [-0.4, -0.2) is 9.94 Å². The minimum absolute atomic E-state index is 0.176. The van der Waals surface area contributed by atoms with E-state index < -0.39 is 0 Å². The summed E-state index contributed by atoms with van der Waals surface area (Å²) in [5, 5.41) is 29.0. The van der Waals surface area contributed by atoms with Crippen LogP contribution in [-0.2, 0) is 0 Å². The third-order valence-electron chi connectivity index (χ3n) is 3.42. The zero-order valence-corrected chi connectivity index (χ0v) is 10.9. The van der Waals surface area contributed by atoms with Gasteiger partial charge in [0.05, 0.1) is 16.6 Å². The number of rotatable bonds is 1. The van der Waals surface area contributed by atoms with Gasteiger partial charge in [-0.05, 0) is 17.7 Å². The number of hydrogen-bond donors (Lipinski definition) is 2. The van der Waals surface area contributed by atoms with Gasteiger partial charge in [0.2, 0.25) is 0 Å². The first-order chi connectivity index (χ1) is 10.2. The lowest BCUT2D eigenvalue weighted by Crippen LogP contribution is -1.98. The molecule has 3 rings (SSSR count). The molecule has 0 atom stereocenters. The van der Waals surface area contributed by atoms with E-state index in [4.69, 9.17) is 16.3 Å². The summed E-state index contributed by atoms with van der Waals surface area (Å²) in [5.74, 6) is 0.176. The lowest BCUT2D eigenvalue weighted by molar-refractivity contribution is 0.206. The molecule has 1 aromatic heterocycles. The van der Waals surface area contributed by atoms with E-state index in [1.807, 2.05) is 42.5 Å². The monoisotopic (exact) mass is 274 g/mol. The second-order valence-electron chi connectivity index (χ2n) is 4.58. The predicted octanol–water partition coefficient (Wildman–Crippen LogP) is 2.87. The summed E-state index contributed by atoms with van der Waals surface area (Å²) in [6.45, 7) is 0. The lowest BCUT2D eigenvalue weighted by Gasteiger charge is -2.01. The molecule has 0 amide bonds. The second-order valence-corrected chi connectivity index (χ2v) is 4.58. The van der Waals surface area contributed by atoms with E-state index in [1.165, 1.54) is 6.07 Å². The molecule has 5 heteroatoms. The number of aromatic nitrogens is 1. The third kappa shape index (κ3) is 1.77.